The summed E-state index contributed by atoms with van der Waals surface area (Å²) < 4.78 is 25.9. The van der Waals surface area contributed by atoms with Gasteiger partial charge in [0.1, 0.15) is 0 Å². The van der Waals surface area contributed by atoms with Crippen molar-refractivity contribution in [2.75, 3.05) is 39.6 Å². The minimum Gasteiger partial charge on any atom is -0.822 e. The van der Waals surface area contributed by atoms with Crippen molar-refractivity contribution in [3.63, 3.8) is 0 Å². The van der Waals surface area contributed by atoms with Crippen LogP contribution in [-0.4, -0.2) is 39.6 Å². The molecule has 0 aliphatic carbocycles. The Balaban J connectivity index is -0.000000196. The number of unbranched alkanes of at least 4 members (excludes halogenated alkanes) is 54. The van der Waals surface area contributed by atoms with Crippen molar-refractivity contribution < 1.29 is 122 Å². The van der Waals surface area contributed by atoms with E-state index in [2.05, 4.69) is 41.5 Å². The molecule has 11 heteroatoms. The van der Waals surface area contributed by atoms with Crippen LogP contribution in [0.2, 0.25) is 0 Å². The summed E-state index contributed by atoms with van der Waals surface area (Å²) >= 11 is 0. The topological polar surface area (TPSA) is 114 Å². The van der Waals surface area contributed by atoms with E-state index in [1.54, 1.807) is 0 Å². The maximum Gasteiger partial charge on any atom is 1.00 e. The van der Waals surface area contributed by atoms with Gasteiger partial charge in [0, 0.05) is 39.6 Å². The number of ether oxygens (including phenoxy) is 3. The van der Waals surface area contributed by atoms with E-state index in [4.69, 9.17) is 33.5 Å². The Morgan fingerprint density at radius 3 is 0.337 bits per heavy atom. The van der Waals surface area contributed by atoms with Crippen LogP contribution in [0.3, 0.4) is 0 Å². The average molecular weight is 1230 g/mol. The third-order valence-electron chi connectivity index (χ3n) is 15.9. The third kappa shape index (κ3) is 123. The molecule has 0 aromatic heterocycles. The van der Waals surface area contributed by atoms with E-state index in [0.717, 1.165) is 39.6 Å². The van der Waals surface area contributed by atoms with Gasteiger partial charge in [-0.25, -0.2) is 0 Å². The van der Waals surface area contributed by atoms with Crippen LogP contribution in [-0.2, 0) is 18.8 Å². The van der Waals surface area contributed by atoms with Gasteiger partial charge in [-0.15, -0.1) is 0 Å². The van der Waals surface area contributed by atoms with E-state index in [1.165, 1.54) is 385 Å². The molecule has 0 aliphatic heterocycles. The van der Waals surface area contributed by atoms with E-state index in [-0.39, 0.29) is 88.7 Å². The van der Waals surface area contributed by atoms with Crippen LogP contribution in [0.5, 0.6) is 0 Å². The van der Waals surface area contributed by atoms with Gasteiger partial charge in [-0.2, -0.15) is 7.82 Å². The zero-order chi connectivity index (χ0) is 59.3. The second-order valence-corrected chi connectivity index (χ2v) is 25.3. The normalized spacial score (nSPS) is 10.9. The van der Waals surface area contributed by atoms with Gasteiger partial charge in [0.25, 0.3) is 0 Å². The molecule has 0 bridgehead atoms. The number of hydrogen-bond acceptors (Lipinski definition) is 7. The van der Waals surface area contributed by atoms with Crippen LogP contribution in [0, 0.1) is 0 Å². The maximum absolute atomic E-state index is 8.55. The molecule has 0 saturated carbocycles. The predicted octanol–water partition coefficient (Wildman–Crippen LogP) is 14.7. The van der Waals surface area contributed by atoms with Crippen LogP contribution < -0.4 is 103 Å². The molecule has 0 aromatic carbocycles. The van der Waals surface area contributed by atoms with Crippen molar-refractivity contribution in [3.8, 4) is 0 Å². The first-order valence-corrected chi connectivity index (χ1v) is 38.2. The molecule has 0 saturated heterocycles. The molecule has 0 rings (SSSR count). The van der Waals surface area contributed by atoms with Crippen molar-refractivity contribution in [1.82, 2.24) is 0 Å². The van der Waals surface area contributed by atoms with Gasteiger partial charge in [-0.1, -0.05) is 388 Å². The average Bonchev–Trinajstić information content (AvgIpc) is 3.44. The first-order valence-electron chi connectivity index (χ1n) is 36.7. The molecular formula is C72H150Na3O7P. The molecule has 0 unspecified atom stereocenters. The van der Waals surface area contributed by atoms with Crippen LogP contribution in [0.1, 0.15) is 427 Å². The summed E-state index contributed by atoms with van der Waals surface area (Å²) in [6.45, 7) is 19.7. The molecular weight excluding hydrogens is 1080 g/mol. The van der Waals surface area contributed by atoms with Gasteiger partial charge < -0.3 is 33.5 Å². The van der Waals surface area contributed by atoms with Crippen LogP contribution >= 0.6 is 7.82 Å². The molecule has 0 aromatic rings. The molecule has 0 aliphatic rings. The van der Waals surface area contributed by atoms with Gasteiger partial charge in [0.2, 0.25) is 0 Å². The summed E-state index contributed by atoms with van der Waals surface area (Å²) in [5.41, 5.74) is 0. The van der Waals surface area contributed by atoms with E-state index >= 15 is 0 Å². The molecule has 0 heterocycles. The van der Waals surface area contributed by atoms with Crippen LogP contribution in [0.25, 0.3) is 0 Å². The molecule has 488 valence electrons. The Labute approximate surface area is 590 Å². The summed E-state index contributed by atoms with van der Waals surface area (Å²) in [4.78, 5) is 25.6. The monoisotopic (exact) mass is 1230 g/mol. The van der Waals surface area contributed by atoms with E-state index in [0.29, 0.717) is 0 Å². The van der Waals surface area contributed by atoms with Crippen molar-refractivity contribution >= 4 is 7.82 Å². The molecule has 0 amide bonds. The molecule has 83 heavy (non-hydrogen) atoms. The molecule has 0 atom stereocenters. The maximum atomic E-state index is 8.55. The van der Waals surface area contributed by atoms with Crippen molar-refractivity contribution in [2.45, 2.75) is 427 Å². The van der Waals surface area contributed by atoms with Gasteiger partial charge in [-0.05, 0) is 38.5 Å². The SMILES string of the molecule is CCCCCCCCCCCCOCCCCCCCCCCCC.CCCCCCCCCCCCOCCCCCCCCCCCC.CCCCCCCCCCCCOCCCCCCCCCCCC.O=P([O-])([O-])[O-].[Na+].[Na+].[Na+]. The predicted molar refractivity (Wildman–Crippen MR) is 351 cm³/mol. The molecule has 0 radical (unpaired) electrons. The quantitative estimate of drug-likeness (QED) is 0.0338. The third-order valence-corrected chi connectivity index (χ3v) is 15.9. The Hall–Kier alpha value is 2.99. The largest absolute Gasteiger partial charge is 1.00 e. The van der Waals surface area contributed by atoms with E-state index in [1.807, 2.05) is 0 Å². The first-order chi connectivity index (χ1) is 39.2. The summed E-state index contributed by atoms with van der Waals surface area (Å²) in [6, 6.07) is 0. The summed E-state index contributed by atoms with van der Waals surface area (Å²) in [5, 5.41) is 0. The zero-order valence-electron chi connectivity index (χ0n) is 59.0. The molecule has 0 fully saturated rings. The first kappa shape index (κ1) is 99.5. The summed E-state index contributed by atoms with van der Waals surface area (Å²) in [7, 11) is -5.39. The van der Waals surface area contributed by atoms with Gasteiger partial charge in [0.05, 0.1) is 0 Å². The fourth-order valence-corrected chi connectivity index (χ4v) is 10.5. The van der Waals surface area contributed by atoms with Crippen molar-refractivity contribution in [2.24, 2.45) is 0 Å². The Kier molecular flexibility index (Phi) is 118. The minimum atomic E-state index is -5.39. The van der Waals surface area contributed by atoms with Gasteiger partial charge >= 0.3 is 88.7 Å². The van der Waals surface area contributed by atoms with Gasteiger partial charge in [0.15, 0.2) is 0 Å². The van der Waals surface area contributed by atoms with Crippen LogP contribution in [0.4, 0.5) is 0 Å². The molecule has 0 spiro atoms. The summed E-state index contributed by atoms with van der Waals surface area (Å²) in [6.07, 6.45) is 84.5. The zero-order valence-corrected chi connectivity index (χ0v) is 65.9. The second-order valence-electron chi connectivity index (χ2n) is 24.4. The number of rotatable bonds is 66. The van der Waals surface area contributed by atoms with Crippen molar-refractivity contribution in [1.29, 1.82) is 0 Å². The number of phosphoric acid groups is 1. The Morgan fingerprint density at radius 2 is 0.253 bits per heavy atom. The smallest absolute Gasteiger partial charge is 0.822 e. The second kappa shape index (κ2) is 98.6. The van der Waals surface area contributed by atoms with E-state index in [9.17, 15) is 0 Å². The Morgan fingerprint density at radius 1 is 0.181 bits per heavy atom. The summed E-state index contributed by atoms with van der Waals surface area (Å²) in [5.74, 6) is 0. The fraction of sp³-hybridized carbons (Fsp3) is 1.00. The molecule has 0 N–H and O–H groups in total. The fourth-order valence-electron chi connectivity index (χ4n) is 10.5. The minimum absolute atomic E-state index is 0. The van der Waals surface area contributed by atoms with E-state index < -0.39 is 7.82 Å². The standard InChI is InChI=1S/3C24H50O.3Na.H3O4P/c3*1-3-5-7-9-11-13-15-17-19-21-23-25-24-22-20-18-16-14-12-10-8-6-4-2;;;;1-5(2,3)4/h3*3-24H2,1-2H3;;;;(H3,1,2,3,4)/q;;;3*+1;/p-3. The Bertz CT molecular complexity index is 861. The van der Waals surface area contributed by atoms with Crippen molar-refractivity contribution in [3.05, 3.63) is 0 Å². The van der Waals surface area contributed by atoms with Crippen LogP contribution in [0.15, 0.2) is 0 Å². The van der Waals surface area contributed by atoms with Gasteiger partial charge in [-0.3, -0.25) is 0 Å². The molecule has 7 nitrogen and oxygen atoms in total. The number of hydrogen-bond donors (Lipinski definition) is 0.